The number of phenols is 1. The lowest BCUT2D eigenvalue weighted by atomic mass is 10.0. The monoisotopic (exact) mass is 524 g/mol. The topological polar surface area (TPSA) is 94.1 Å². The molecular weight excluding hydrogens is 488 g/mol. The van der Waals surface area contributed by atoms with Crippen molar-refractivity contribution in [3.63, 3.8) is 0 Å². The Kier molecular flexibility index (Phi) is 7.89. The van der Waals surface area contributed by atoms with Crippen LogP contribution in [0.2, 0.25) is 0 Å². The summed E-state index contributed by atoms with van der Waals surface area (Å²) in [7, 11) is 4.02. The molecule has 2 saturated heterocycles. The van der Waals surface area contributed by atoms with Crippen LogP contribution in [-0.4, -0.2) is 95.2 Å². The second-order valence-electron chi connectivity index (χ2n) is 10.3. The van der Waals surface area contributed by atoms with E-state index in [1.807, 2.05) is 38.1 Å². The van der Waals surface area contributed by atoms with Crippen LogP contribution in [0.3, 0.4) is 0 Å². The summed E-state index contributed by atoms with van der Waals surface area (Å²) in [6, 6.07) is 6.26. The number of carbonyl (C=O) groups is 1. The van der Waals surface area contributed by atoms with Gasteiger partial charge in [-0.25, -0.2) is 9.97 Å². The van der Waals surface area contributed by atoms with Crippen LogP contribution in [0.15, 0.2) is 24.5 Å². The molecule has 2 fully saturated rings. The fraction of sp³-hybridized carbons (Fsp3) is 0.519. The Hall–Kier alpha value is -2.79. The molecule has 2 aromatic heterocycles. The molecule has 3 aromatic rings. The van der Waals surface area contributed by atoms with Crippen molar-refractivity contribution >= 4 is 33.3 Å². The lowest BCUT2D eigenvalue weighted by Crippen LogP contribution is -2.40. The molecule has 1 amide bonds. The fourth-order valence-electron chi connectivity index (χ4n) is 5.19. The van der Waals surface area contributed by atoms with E-state index in [0.29, 0.717) is 38.1 Å². The van der Waals surface area contributed by atoms with Crippen molar-refractivity contribution in [2.24, 2.45) is 0 Å². The smallest absolute Gasteiger partial charge is 0.264 e. The van der Waals surface area contributed by atoms with Crippen molar-refractivity contribution in [3.8, 4) is 5.75 Å². The number of aryl methyl sites for hydroxylation is 1. The molecule has 0 spiro atoms. The van der Waals surface area contributed by atoms with Gasteiger partial charge in [0.25, 0.3) is 5.91 Å². The van der Waals surface area contributed by atoms with Gasteiger partial charge in [-0.2, -0.15) is 0 Å². The van der Waals surface area contributed by atoms with E-state index >= 15 is 0 Å². The van der Waals surface area contributed by atoms with Gasteiger partial charge in [-0.1, -0.05) is 6.07 Å². The minimum atomic E-state index is 0.0611. The van der Waals surface area contributed by atoms with Crippen molar-refractivity contribution in [1.82, 2.24) is 24.7 Å². The molecule has 4 heterocycles. The van der Waals surface area contributed by atoms with Crippen LogP contribution in [0.5, 0.6) is 5.75 Å². The van der Waals surface area contributed by atoms with Gasteiger partial charge in [0.2, 0.25) is 0 Å². The number of benzene rings is 1. The molecule has 9 nitrogen and oxygen atoms in total. The molecule has 2 aliphatic rings. The normalized spacial score (nSPS) is 17.6. The summed E-state index contributed by atoms with van der Waals surface area (Å²) in [5.74, 6) is 1.24. The molecule has 0 aliphatic carbocycles. The molecule has 2 N–H and O–H groups in total. The standard InChI is InChI=1S/C27H36N6O3S/c1-18-23-25(28-17-29-26(23)37-24(18)27(35)33-10-12-36-13-11-33)30-21-6-8-32(9-7-21)15-19-4-5-22(34)20(14-19)16-31(2)3/h4-5,14,17,21,34H,6-13,15-16H2,1-3H3,(H,28,29,30). The summed E-state index contributed by atoms with van der Waals surface area (Å²) in [5, 5.41) is 14.8. The van der Waals surface area contributed by atoms with Gasteiger partial charge >= 0.3 is 0 Å². The Morgan fingerprint density at radius 2 is 1.95 bits per heavy atom. The molecule has 5 rings (SSSR count). The van der Waals surface area contributed by atoms with Crippen molar-refractivity contribution < 1.29 is 14.6 Å². The second-order valence-corrected chi connectivity index (χ2v) is 11.3. The number of hydrogen-bond acceptors (Lipinski definition) is 9. The zero-order chi connectivity index (χ0) is 25.9. The maximum atomic E-state index is 13.2. The van der Waals surface area contributed by atoms with Crippen LogP contribution in [0.4, 0.5) is 5.82 Å². The number of thiophene rings is 1. The largest absolute Gasteiger partial charge is 0.508 e. The molecule has 0 atom stereocenters. The number of phenolic OH excluding ortho intramolecular Hbond substituents is 1. The zero-order valence-electron chi connectivity index (χ0n) is 21.9. The summed E-state index contributed by atoms with van der Waals surface area (Å²) in [5.41, 5.74) is 3.15. The first kappa shape index (κ1) is 25.8. The number of amides is 1. The lowest BCUT2D eigenvalue weighted by Gasteiger charge is -2.33. The number of fused-ring (bicyclic) bond motifs is 1. The third-order valence-corrected chi connectivity index (χ3v) is 8.37. The summed E-state index contributed by atoms with van der Waals surface area (Å²) in [6.45, 7) is 8.01. The van der Waals surface area contributed by atoms with Crippen molar-refractivity contribution in [1.29, 1.82) is 0 Å². The van der Waals surface area contributed by atoms with Gasteiger partial charge in [0.05, 0.1) is 23.5 Å². The number of aromatic hydroxyl groups is 1. The average molecular weight is 525 g/mol. The highest BCUT2D eigenvalue weighted by Crippen LogP contribution is 2.35. The molecule has 0 radical (unpaired) electrons. The zero-order valence-corrected chi connectivity index (χ0v) is 22.7. The lowest BCUT2D eigenvalue weighted by molar-refractivity contribution is 0.0306. The number of piperidine rings is 1. The van der Waals surface area contributed by atoms with Gasteiger partial charge in [-0.15, -0.1) is 11.3 Å². The molecule has 1 aromatic carbocycles. The van der Waals surface area contributed by atoms with E-state index in [9.17, 15) is 9.90 Å². The Bertz CT molecular complexity index is 1250. The van der Waals surface area contributed by atoms with Crippen molar-refractivity contribution in [3.05, 3.63) is 46.1 Å². The third kappa shape index (κ3) is 5.87. The maximum absolute atomic E-state index is 13.2. The molecule has 198 valence electrons. The van der Waals surface area contributed by atoms with E-state index < -0.39 is 0 Å². The van der Waals surface area contributed by atoms with Crippen LogP contribution in [0.25, 0.3) is 10.2 Å². The number of likely N-dealkylation sites (tertiary alicyclic amines) is 1. The second kappa shape index (κ2) is 11.3. The number of anilines is 1. The number of ether oxygens (including phenoxy) is 1. The predicted molar refractivity (Wildman–Crippen MR) is 146 cm³/mol. The van der Waals surface area contributed by atoms with Gasteiger partial charge in [0.1, 0.15) is 22.7 Å². The summed E-state index contributed by atoms with van der Waals surface area (Å²) in [6.07, 6.45) is 3.61. The molecule has 37 heavy (non-hydrogen) atoms. The van der Waals surface area contributed by atoms with Gasteiger partial charge in [-0.05, 0) is 57.1 Å². The van der Waals surface area contributed by atoms with Gasteiger partial charge in [-0.3, -0.25) is 9.69 Å². The Morgan fingerprint density at radius 1 is 1.19 bits per heavy atom. The summed E-state index contributed by atoms with van der Waals surface area (Å²) < 4.78 is 5.40. The first-order valence-electron chi connectivity index (χ1n) is 12.9. The van der Waals surface area contributed by atoms with Gasteiger partial charge in [0.15, 0.2) is 0 Å². The van der Waals surface area contributed by atoms with Gasteiger partial charge < -0.3 is 25.0 Å². The molecule has 2 aliphatic heterocycles. The SMILES string of the molecule is Cc1c(C(=O)N2CCOCC2)sc2ncnc(NC3CCN(Cc4ccc(O)c(CN(C)C)c4)CC3)c12. The molecule has 0 unspecified atom stereocenters. The minimum absolute atomic E-state index is 0.0611. The van der Waals surface area contributed by atoms with Crippen LogP contribution in [-0.2, 0) is 17.8 Å². The highest BCUT2D eigenvalue weighted by atomic mass is 32.1. The minimum Gasteiger partial charge on any atom is -0.508 e. The Labute approximate surface area is 222 Å². The number of hydrogen-bond donors (Lipinski definition) is 2. The number of carbonyl (C=O) groups excluding carboxylic acids is 1. The number of aromatic nitrogens is 2. The molecule has 0 saturated carbocycles. The van der Waals surface area contributed by atoms with E-state index in [1.54, 1.807) is 6.33 Å². The number of nitrogens with zero attached hydrogens (tertiary/aromatic N) is 5. The quantitative estimate of drug-likeness (QED) is 0.486. The third-order valence-electron chi connectivity index (χ3n) is 7.18. The van der Waals surface area contributed by atoms with Crippen LogP contribution in [0.1, 0.15) is 39.2 Å². The average Bonchev–Trinajstić information content (AvgIpc) is 3.24. The highest BCUT2D eigenvalue weighted by Gasteiger charge is 2.26. The first-order chi connectivity index (χ1) is 17.9. The number of morpholine rings is 1. The summed E-state index contributed by atoms with van der Waals surface area (Å²) in [4.78, 5) is 30.2. The maximum Gasteiger partial charge on any atom is 0.264 e. The molecule has 10 heteroatoms. The Morgan fingerprint density at radius 3 is 2.68 bits per heavy atom. The highest BCUT2D eigenvalue weighted by molar-refractivity contribution is 7.20. The van der Waals surface area contributed by atoms with Crippen LogP contribution < -0.4 is 5.32 Å². The van der Waals surface area contributed by atoms with Gasteiger partial charge in [0, 0.05) is 50.9 Å². The van der Waals surface area contributed by atoms with Crippen molar-refractivity contribution in [2.75, 3.05) is 58.8 Å². The fourth-order valence-corrected chi connectivity index (χ4v) is 6.30. The van der Waals surface area contributed by atoms with E-state index in [-0.39, 0.29) is 5.91 Å². The molecule has 0 bridgehead atoms. The van der Waals surface area contributed by atoms with E-state index in [0.717, 1.165) is 71.1 Å². The number of nitrogens with one attached hydrogen (secondary N) is 1. The van der Waals surface area contributed by atoms with Crippen molar-refractivity contribution in [2.45, 2.75) is 38.9 Å². The predicted octanol–water partition coefficient (Wildman–Crippen LogP) is 3.32. The first-order valence-corrected chi connectivity index (χ1v) is 13.8. The number of rotatable bonds is 7. The van der Waals surface area contributed by atoms with E-state index in [4.69, 9.17) is 4.74 Å². The van der Waals surface area contributed by atoms with E-state index in [1.165, 1.54) is 16.9 Å². The van der Waals surface area contributed by atoms with Crippen LogP contribution >= 0.6 is 11.3 Å². The van der Waals surface area contributed by atoms with Crippen LogP contribution in [0, 0.1) is 6.92 Å². The Balaban J connectivity index is 1.23. The molecular formula is C27H36N6O3S. The van der Waals surface area contributed by atoms with E-state index in [2.05, 4.69) is 31.2 Å². The summed E-state index contributed by atoms with van der Waals surface area (Å²) >= 11 is 1.46.